The third kappa shape index (κ3) is 3.82. The number of benzene rings is 1. The first-order valence-corrected chi connectivity index (χ1v) is 8.92. The van der Waals surface area contributed by atoms with Crippen molar-refractivity contribution in [2.24, 2.45) is 0 Å². The van der Waals surface area contributed by atoms with Gasteiger partial charge in [-0.05, 0) is 26.0 Å². The lowest BCUT2D eigenvalue weighted by molar-refractivity contribution is -0.147. The number of hydrogen-bond donors (Lipinski definition) is 2. The van der Waals surface area contributed by atoms with E-state index < -0.39 is 42.4 Å². The number of hydrogen-bond acceptors (Lipinski definition) is 7. The summed E-state index contributed by atoms with van der Waals surface area (Å²) in [6.07, 6.45) is 0. The Hall–Kier alpha value is -3.69. The monoisotopic (exact) mass is 401 g/mol. The first kappa shape index (κ1) is 20.1. The maximum atomic E-state index is 12.5. The minimum atomic E-state index is -1.19. The first-order valence-electron chi connectivity index (χ1n) is 8.92. The Morgan fingerprint density at radius 2 is 1.72 bits per heavy atom. The van der Waals surface area contributed by atoms with Gasteiger partial charge in [0, 0.05) is 0 Å². The van der Waals surface area contributed by atoms with Crippen LogP contribution in [-0.2, 0) is 19.1 Å². The van der Waals surface area contributed by atoms with E-state index in [-0.39, 0.29) is 35.5 Å². The molecule has 10 nitrogen and oxygen atoms in total. The SMILES string of the molecule is CCOC(=O)C1=C(COC(=O)[C@@H](C)N2C(=O)c3ccccc3C2=O)NC(=O)NC1. The van der Waals surface area contributed by atoms with Crippen LogP contribution in [0.25, 0.3) is 0 Å². The largest absolute Gasteiger partial charge is 0.463 e. The fraction of sp³-hybridized carbons (Fsp3) is 0.316. The van der Waals surface area contributed by atoms with Gasteiger partial charge in [0.1, 0.15) is 12.6 Å². The molecule has 4 amide bonds. The Morgan fingerprint density at radius 3 is 2.31 bits per heavy atom. The van der Waals surface area contributed by atoms with Crippen LogP contribution in [0.4, 0.5) is 4.79 Å². The van der Waals surface area contributed by atoms with Gasteiger partial charge in [-0.3, -0.25) is 14.5 Å². The van der Waals surface area contributed by atoms with E-state index in [1.807, 2.05) is 0 Å². The van der Waals surface area contributed by atoms with Crippen LogP contribution in [0.1, 0.15) is 34.6 Å². The number of nitrogens with zero attached hydrogens (tertiary/aromatic N) is 1. The molecule has 1 aromatic carbocycles. The number of urea groups is 1. The predicted molar refractivity (Wildman–Crippen MR) is 97.6 cm³/mol. The van der Waals surface area contributed by atoms with Crippen molar-refractivity contribution in [1.82, 2.24) is 15.5 Å². The third-order valence-corrected chi connectivity index (χ3v) is 4.49. The van der Waals surface area contributed by atoms with Crippen LogP contribution >= 0.6 is 0 Å². The molecule has 0 aliphatic carbocycles. The highest BCUT2D eigenvalue weighted by Crippen LogP contribution is 2.24. The molecule has 0 saturated heterocycles. The highest BCUT2D eigenvalue weighted by Gasteiger charge is 2.41. The molecule has 2 heterocycles. The maximum absolute atomic E-state index is 12.5. The van der Waals surface area contributed by atoms with E-state index in [1.165, 1.54) is 19.1 Å². The molecule has 0 fully saturated rings. The zero-order chi connectivity index (χ0) is 21.1. The number of imide groups is 1. The topological polar surface area (TPSA) is 131 Å². The summed E-state index contributed by atoms with van der Waals surface area (Å²) in [7, 11) is 0. The zero-order valence-electron chi connectivity index (χ0n) is 15.8. The zero-order valence-corrected chi connectivity index (χ0v) is 15.8. The molecule has 152 valence electrons. The summed E-state index contributed by atoms with van der Waals surface area (Å²) in [4.78, 5) is 61.8. The lowest BCUT2D eigenvalue weighted by Gasteiger charge is -2.23. The average molecular weight is 401 g/mol. The lowest BCUT2D eigenvalue weighted by Crippen LogP contribution is -2.46. The molecule has 2 aliphatic heterocycles. The summed E-state index contributed by atoms with van der Waals surface area (Å²) in [5.41, 5.74) is 0.632. The fourth-order valence-corrected chi connectivity index (χ4v) is 3.00. The average Bonchev–Trinajstić information content (AvgIpc) is 2.96. The minimum absolute atomic E-state index is 0.0779. The molecular weight excluding hydrogens is 382 g/mol. The standard InChI is InChI=1S/C19H19N3O7/c1-3-28-18(26)13-8-20-19(27)21-14(13)9-29-17(25)10(2)22-15(23)11-6-4-5-7-12(11)16(22)24/h4-7,10H,3,8-9H2,1-2H3,(H2,20,21,27)/t10-/m1/s1. The van der Waals surface area contributed by atoms with E-state index in [9.17, 15) is 24.0 Å². The van der Waals surface area contributed by atoms with Crippen molar-refractivity contribution in [2.75, 3.05) is 19.8 Å². The second kappa shape index (κ2) is 8.13. The molecule has 0 unspecified atom stereocenters. The number of amides is 4. The van der Waals surface area contributed by atoms with Gasteiger partial charge in [0.25, 0.3) is 11.8 Å². The summed E-state index contributed by atoms with van der Waals surface area (Å²) in [6.45, 7) is 2.64. The van der Waals surface area contributed by atoms with E-state index in [0.717, 1.165) is 4.90 Å². The van der Waals surface area contributed by atoms with E-state index >= 15 is 0 Å². The van der Waals surface area contributed by atoms with Gasteiger partial charge in [0.15, 0.2) is 0 Å². The predicted octanol–water partition coefficient (Wildman–Crippen LogP) is 0.344. The van der Waals surface area contributed by atoms with Crippen LogP contribution < -0.4 is 10.6 Å². The van der Waals surface area contributed by atoms with E-state index in [1.54, 1.807) is 19.1 Å². The number of nitrogens with one attached hydrogen (secondary N) is 2. The van der Waals surface area contributed by atoms with Crippen molar-refractivity contribution in [1.29, 1.82) is 0 Å². The van der Waals surface area contributed by atoms with Gasteiger partial charge in [-0.25, -0.2) is 14.4 Å². The number of fused-ring (bicyclic) bond motifs is 1. The van der Waals surface area contributed by atoms with Crippen LogP contribution in [-0.4, -0.2) is 60.5 Å². The second-order valence-electron chi connectivity index (χ2n) is 6.29. The quantitative estimate of drug-likeness (QED) is 0.519. The smallest absolute Gasteiger partial charge is 0.337 e. The number of esters is 2. The van der Waals surface area contributed by atoms with Crippen molar-refractivity contribution >= 4 is 29.8 Å². The molecule has 2 aliphatic rings. The molecule has 1 aromatic rings. The summed E-state index contributed by atoms with van der Waals surface area (Å²) < 4.78 is 10.1. The van der Waals surface area contributed by atoms with Crippen molar-refractivity contribution in [2.45, 2.75) is 19.9 Å². The van der Waals surface area contributed by atoms with Gasteiger partial charge in [0.05, 0.1) is 35.5 Å². The van der Waals surface area contributed by atoms with Crippen LogP contribution in [0.2, 0.25) is 0 Å². The lowest BCUT2D eigenvalue weighted by atomic mass is 10.1. The number of ether oxygens (including phenoxy) is 2. The summed E-state index contributed by atoms with van der Waals surface area (Å²) >= 11 is 0. The van der Waals surface area contributed by atoms with E-state index in [2.05, 4.69) is 10.6 Å². The molecule has 0 aromatic heterocycles. The van der Waals surface area contributed by atoms with Crippen molar-refractivity contribution in [3.8, 4) is 0 Å². The molecular formula is C19H19N3O7. The fourth-order valence-electron chi connectivity index (χ4n) is 3.00. The van der Waals surface area contributed by atoms with Crippen LogP contribution in [0.15, 0.2) is 35.5 Å². The highest BCUT2D eigenvalue weighted by molar-refractivity contribution is 6.22. The summed E-state index contributed by atoms with van der Waals surface area (Å²) in [5, 5.41) is 4.84. The van der Waals surface area contributed by atoms with Gasteiger partial charge in [0.2, 0.25) is 0 Å². The van der Waals surface area contributed by atoms with Gasteiger partial charge < -0.3 is 20.1 Å². The Balaban J connectivity index is 1.71. The second-order valence-corrected chi connectivity index (χ2v) is 6.29. The van der Waals surface area contributed by atoms with E-state index in [0.29, 0.717) is 0 Å². The Labute approximate surface area is 165 Å². The van der Waals surface area contributed by atoms with E-state index in [4.69, 9.17) is 9.47 Å². The number of carbonyl (C=O) groups is 5. The molecule has 0 spiro atoms. The molecule has 29 heavy (non-hydrogen) atoms. The molecule has 0 radical (unpaired) electrons. The minimum Gasteiger partial charge on any atom is -0.463 e. The molecule has 1 atom stereocenters. The van der Waals surface area contributed by atoms with Crippen LogP contribution in [0.3, 0.4) is 0 Å². The molecule has 0 bridgehead atoms. The normalized spacial score (nSPS) is 16.8. The van der Waals surface area contributed by atoms with Crippen LogP contribution in [0.5, 0.6) is 0 Å². The van der Waals surface area contributed by atoms with Gasteiger partial charge in [-0.2, -0.15) is 0 Å². The van der Waals surface area contributed by atoms with Gasteiger partial charge >= 0.3 is 18.0 Å². The molecule has 3 rings (SSSR count). The highest BCUT2D eigenvalue weighted by atomic mass is 16.5. The Kier molecular flexibility index (Phi) is 5.62. The molecule has 2 N–H and O–H groups in total. The summed E-state index contributed by atoms with van der Waals surface area (Å²) in [6, 6.07) is 4.52. The molecule has 10 heteroatoms. The van der Waals surface area contributed by atoms with Crippen LogP contribution in [0, 0.1) is 0 Å². The molecule has 0 saturated carbocycles. The van der Waals surface area contributed by atoms with Gasteiger partial charge in [-0.15, -0.1) is 0 Å². The Bertz CT molecular complexity index is 902. The number of carbonyl (C=O) groups excluding carboxylic acids is 5. The number of rotatable bonds is 6. The Morgan fingerprint density at radius 1 is 1.10 bits per heavy atom. The maximum Gasteiger partial charge on any atom is 0.337 e. The van der Waals surface area contributed by atoms with Gasteiger partial charge in [-0.1, -0.05) is 12.1 Å². The van der Waals surface area contributed by atoms with Crippen molar-refractivity contribution < 1.29 is 33.4 Å². The third-order valence-electron chi connectivity index (χ3n) is 4.49. The van der Waals surface area contributed by atoms with Crippen molar-refractivity contribution in [3.05, 3.63) is 46.7 Å². The summed E-state index contributed by atoms with van der Waals surface area (Å²) in [5.74, 6) is -2.68. The first-order chi connectivity index (χ1) is 13.8. The van der Waals surface area contributed by atoms with Crippen molar-refractivity contribution in [3.63, 3.8) is 0 Å².